The Morgan fingerprint density at radius 3 is 2.76 bits per heavy atom. The SMILES string of the molecule is CCCC[C@](C)(CO)Nc1nc(Cl)nc2cc(Cl)cnc12. The number of hydrogen-bond donors (Lipinski definition) is 2. The zero-order chi connectivity index (χ0) is 15.5. The Hall–Kier alpha value is -1.17. The van der Waals surface area contributed by atoms with Gasteiger partial charge in [-0.3, -0.25) is 0 Å². The van der Waals surface area contributed by atoms with Crippen molar-refractivity contribution in [3.8, 4) is 0 Å². The van der Waals surface area contributed by atoms with Crippen LogP contribution in [0.4, 0.5) is 5.82 Å². The molecule has 0 aliphatic heterocycles. The Bertz CT molecular complexity index is 632. The first-order chi connectivity index (χ1) is 9.97. The minimum Gasteiger partial charge on any atom is -0.394 e. The molecule has 0 spiro atoms. The monoisotopic (exact) mass is 328 g/mol. The summed E-state index contributed by atoms with van der Waals surface area (Å²) in [5, 5.41) is 13.5. The zero-order valence-electron chi connectivity index (χ0n) is 12.0. The van der Waals surface area contributed by atoms with Crippen LogP contribution >= 0.6 is 23.2 Å². The van der Waals surface area contributed by atoms with Gasteiger partial charge in [-0.15, -0.1) is 0 Å². The number of aliphatic hydroxyl groups is 1. The maximum Gasteiger partial charge on any atom is 0.225 e. The average molecular weight is 329 g/mol. The molecule has 2 aromatic rings. The predicted molar refractivity (Wildman–Crippen MR) is 86.0 cm³/mol. The summed E-state index contributed by atoms with van der Waals surface area (Å²) in [6.45, 7) is 4.04. The molecule has 7 heteroatoms. The Labute approximate surface area is 133 Å². The van der Waals surface area contributed by atoms with Crippen molar-refractivity contribution < 1.29 is 5.11 Å². The molecule has 2 aromatic heterocycles. The van der Waals surface area contributed by atoms with E-state index in [9.17, 15) is 5.11 Å². The molecule has 2 heterocycles. The number of rotatable bonds is 6. The molecule has 2 rings (SSSR count). The fourth-order valence-electron chi connectivity index (χ4n) is 2.09. The van der Waals surface area contributed by atoms with Crippen molar-refractivity contribution in [2.75, 3.05) is 11.9 Å². The van der Waals surface area contributed by atoms with Crippen LogP contribution in [0.5, 0.6) is 0 Å². The number of aliphatic hydroxyl groups excluding tert-OH is 1. The minimum absolute atomic E-state index is 0.0102. The largest absolute Gasteiger partial charge is 0.394 e. The standard InChI is InChI=1S/C14H18Cl2N4O/c1-3-4-5-14(2,8-21)20-12-11-10(18-13(16)19-12)6-9(15)7-17-11/h6-7,21H,3-5,8H2,1-2H3,(H,18,19,20)/t14-/m1/s1. The van der Waals surface area contributed by atoms with Gasteiger partial charge in [0.15, 0.2) is 5.82 Å². The van der Waals surface area contributed by atoms with E-state index in [1.807, 2.05) is 6.92 Å². The highest BCUT2D eigenvalue weighted by molar-refractivity contribution is 6.31. The topological polar surface area (TPSA) is 70.9 Å². The van der Waals surface area contributed by atoms with Crippen LogP contribution in [-0.4, -0.2) is 32.2 Å². The van der Waals surface area contributed by atoms with Crippen LogP contribution in [0.15, 0.2) is 12.3 Å². The van der Waals surface area contributed by atoms with Crippen LogP contribution in [0.25, 0.3) is 11.0 Å². The molecule has 0 aliphatic carbocycles. The lowest BCUT2D eigenvalue weighted by atomic mass is 9.96. The highest BCUT2D eigenvalue weighted by Gasteiger charge is 2.24. The highest BCUT2D eigenvalue weighted by atomic mass is 35.5. The number of fused-ring (bicyclic) bond motifs is 1. The Morgan fingerprint density at radius 1 is 1.33 bits per heavy atom. The van der Waals surface area contributed by atoms with Crippen molar-refractivity contribution in [2.24, 2.45) is 0 Å². The second kappa shape index (κ2) is 6.73. The van der Waals surface area contributed by atoms with Gasteiger partial charge in [-0.1, -0.05) is 31.4 Å². The van der Waals surface area contributed by atoms with Crippen molar-refractivity contribution in [3.05, 3.63) is 22.6 Å². The third-order valence-electron chi connectivity index (χ3n) is 3.33. The maximum atomic E-state index is 9.68. The number of nitrogens with one attached hydrogen (secondary N) is 1. The number of aromatic nitrogens is 3. The minimum atomic E-state index is -0.484. The normalized spacial score (nSPS) is 14.1. The van der Waals surface area contributed by atoms with E-state index in [4.69, 9.17) is 23.2 Å². The van der Waals surface area contributed by atoms with Crippen LogP contribution in [0, 0.1) is 0 Å². The summed E-state index contributed by atoms with van der Waals surface area (Å²) in [4.78, 5) is 12.6. The molecule has 0 unspecified atom stereocenters. The van der Waals surface area contributed by atoms with E-state index in [0.717, 1.165) is 19.3 Å². The summed E-state index contributed by atoms with van der Waals surface area (Å²) in [5.41, 5.74) is 0.669. The van der Waals surface area contributed by atoms with E-state index in [-0.39, 0.29) is 11.9 Å². The lowest BCUT2D eigenvalue weighted by Crippen LogP contribution is -2.39. The van der Waals surface area contributed by atoms with Crippen LogP contribution in [0.1, 0.15) is 33.1 Å². The van der Waals surface area contributed by atoms with Gasteiger partial charge in [0.25, 0.3) is 0 Å². The Balaban J connectivity index is 2.41. The summed E-state index contributed by atoms with van der Waals surface area (Å²) < 4.78 is 0. The van der Waals surface area contributed by atoms with Gasteiger partial charge in [0.1, 0.15) is 5.52 Å². The van der Waals surface area contributed by atoms with Crippen LogP contribution < -0.4 is 5.32 Å². The van der Waals surface area contributed by atoms with Gasteiger partial charge in [-0.25, -0.2) is 9.97 Å². The zero-order valence-corrected chi connectivity index (χ0v) is 13.5. The second-order valence-corrected chi connectivity index (χ2v) is 6.08. The molecule has 0 aromatic carbocycles. The molecule has 21 heavy (non-hydrogen) atoms. The van der Waals surface area contributed by atoms with Gasteiger partial charge in [-0.05, 0) is 31.0 Å². The molecule has 0 aliphatic rings. The van der Waals surface area contributed by atoms with Crippen LogP contribution in [-0.2, 0) is 0 Å². The van der Waals surface area contributed by atoms with Gasteiger partial charge >= 0.3 is 0 Å². The molecular formula is C14H18Cl2N4O. The molecule has 2 N–H and O–H groups in total. The first-order valence-corrected chi connectivity index (χ1v) is 7.61. The fraction of sp³-hybridized carbons (Fsp3) is 0.500. The number of nitrogens with zero attached hydrogens (tertiary/aromatic N) is 3. The van der Waals surface area contributed by atoms with Crippen LogP contribution in [0.2, 0.25) is 10.3 Å². The third-order valence-corrected chi connectivity index (χ3v) is 3.70. The molecule has 1 atom stereocenters. The number of pyridine rings is 1. The molecule has 0 fully saturated rings. The van der Waals surface area contributed by atoms with Gasteiger partial charge < -0.3 is 10.4 Å². The fourth-order valence-corrected chi connectivity index (χ4v) is 2.41. The van der Waals surface area contributed by atoms with E-state index in [1.54, 1.807) is 6.07 Å². The summed E-state index contributed by atoms with van der Waals surface area (Å²) in [6.07, 6.45) is 4.40. The van der Waals surface area contributed by atoms with Crippen LogP contribution in [0.3, 0.4) is 0 Å². The van der Waals surface area contributed by atoms with Gasteiger partial charge in [-0.2, -0.15) is 4.98 Å². The first-order valence-electron chi connectivity index (χ1n) is 6.85. The van der Waals surface area contributed by atoms with E-state index < -0.39 is 5.54 Å². The number of halogens is 2. The predicted octanol–water partition coefficient (Wildman–Crippen LogP) is 3.68. The van der Waals surface area contributed by atoms with Crippen molar-refractivity contribution >= 4 is 40.1 Å². The lowest BCUT2D eigenvalue weighted by Gasteiger charge is -2.29. The number of anilines is 1. The summed E-state index contributed by atoms with van der Waals surface area (Å²) in [7, 11) is 0. The molecule has 0 saturated carbocycles. The highest BCUT2D eigenvalue weighted by Crippen LogP contribution is 2.26. The third kappa shape index (κ3) is 3.93. The number of hydrogen-bond acceptors (Lipinski definition) is 5. The second-order valence-electron chi connectivity index (χ2n) is 5.31. The van der Waals surface area contributed by atoms with E-state index >= 15 is 0 Å². The molecule has 5 nitrogen and oxygen atoms in total. The Kier molecular flexibility index (Phi) is 5.19. The number of unbranched alkanes of at least 4 members (excludes halogenated alkanes) is 1. The smallest absolute Gasteiger partial charge is 0.225 e. The average Bonchev–Trinajstić information content (AvgIpc) is 2.44. The quantitative estimate of drug-likeness (QED) is 0.791. The summed E-state index contributed by atoms with van der Waals surface area (Å²) >= 11 is 11.9. The van der Waals surface area contributed by atoms with Gasteiger partial charge in [0.05, 0.1) is 22.7 Å². The maximum absolute atomic E-state index is 9.68. The van der Waals surface area contributed by atoms with Gasteiger partial charge in [0.2, 0.25) is 5.28 Å². The van der Waals surface area contributed by atoms with Crippen molar-refractivity contribution in [2.45, 2.75) is 38.6 Å². The molecule has 0 bridgehead atoms. The molecule has 114 valence electrons. The van der Waals surface area contributed by atoms with Gasteiger partial charge in [0, 0.05) is 6.20 Å². The Morgan fingerprint density at radius 2 is 2.10 bits per heavy atom. The molecule has 0 saturated heterocycles. The van der Waals surface area contributed by atoms with Crippen molar-refractivity contribution in [3.63, 3.8) is 0 Å². The lowest BCUT2D eigenvalue weighted by molar-refractivity contribution is 0.212. The summed E-state index contributed by atoms with van der Waals surface area (Å²) in [5.74, 6) is 0.509. The van der Waals surface area contributed by atoms with E-state index in [0.29, 0.717) is 21.9 Å². The first kappa shape index (κ1) is 16.2. The molecular weight excluding hydrogens is 311 g/mol. The summed E-state index contributed by atoms with van der Waals surface area (Å²) in [6, 6.07) is 1.69. The van der Waals surface area contributed by atoms with E-state index in [1.165, 1.54) is 6.20 Å². The molecule has 0 radical (unpaired) electrons. The molecule has 0 amide bonds. The van der Waals surface area contributed by atoms with Crippen molar-refractivity contribution in [1.29, 1.82) is 0 Å². The van der Waals surface area contributed by atoms with E-state index in [2.05, 4.69) is 27.2 Å². The van der Waals surface area contributed by atoms with Crippen molar-refractivity contribution in [1.82, 2.24) is 15.0 Å².